The van der Waals surface area contributed by atoms with Gasteiger partial charge in [0.05, 0.1) is 43.3 Å². The number of fused-ring (bicyclic) bond motifs is 6. The van der Waals surface area contributed by atoms with E-state index in [2.05, 4.69) is 34.6 Å². The molecular formula is C45H63NO9. The molecule has 4 aromatic rings. The van der Waals surface area contributed by atoms with Gasteiger partial charge in [-0.2, -0.15) is 0 Å². The van der Waals surface area contributed by atoms with Crippen molar-refractivity contribution in [2.75, 3.05) is 33.0 Å². The maximum atomic E-state index is 13.3. The van der Waals surface area contributed by atoms with Crippen molar-refractivity contribution in [1.82, 2.24) is 0 Å². The number of unbranched alkanes of at least 4 members (excludes halogenated alkanes) is 10. The van der Waals surface area contributed by atoms with Gasteiger partial charge in [-0.3, -0.25) is 14.9 Å². The topological polar surface area (TPSA) is 116 Å². The Kier molecular flexibility index (Phi) is 17.9. The van der Waals surface area contributed by atoms with Crippen molar-refractivity contribution in [3.8, 4) is 34.5 Å². The van der Waals surface area contributed by atoms with Gasteiger partial charge >= 0.3 is 11.7 Å². The average Bonchev–Trinajstić information content (AvgIpc) is 3.17. The summed E-state index contributed by atoms with van der Waals surface area (Å²) in [5.41, 5.74) is -0.344. The van der Waals surface area contributed by atoms with Gasteiger partial charge in [0.1, 0.15) is 0 Å². The Bertz CT molecular complexity index is 1810. The number of nitro groups is 1. The molecule has 0 heterocycles. The van der Waals surface area contributed by atoms with Crippen LogP contribution in [0.5, 0.6) is 34.5 Å². The molecule has 4 aromatic carbocycles. The van der Waals surface area contributed by atoms with Crippen LogP contribution in [-0.4, -0.2) is 43.9 Å². The van der Waals surface area contributed by atoms with E-state index >= 15 is 0 Å². The van der Waals surface area contributed by atoms with Gasteiger partial charge < -0.3 is 28.4 Å². The Morgan fingerprint density at radius 3 is 1.09 bits per heavy atom. The van der Waals surface area contributed by atoms with Crippen molar-refractivity contribution in [3.63, 3.8) is 0 Å². The lowest BCUT2D eigenvalue weighted by Gasteiger charge is -2.20. The minimum atomic E-state index is -0.679. The van der Waals surface area contributed by atoms with Gasteiger partial charge in [0.15, 0.2) is 28.7 Å². The highest BCUT2D eigenvalue weighted by Gasteiger charge is 2.31. The van der Waals surface area contributed by atoms with Gasteiger partial charge in [-0.1, -0.05) is 98.8 Å². The number of hydrogen-bond donors (Lipinski definition) is 0. The Labute approximate surface area is 327 Å². The first-order valence-electron chi connectivity index (χ1n) is 20.8. The van der Waals surface area contributed by atoms with E-state index in [1.165, 1.54) is 6.92 Å². The van der Waals surface area contributed by atoms with E-state index in [9.17, 15) is 14.9 Å². The van der Waals surface area contributed by atoms with Crippen LogP contribution in [0.25, 0.3) is 32.3 Å². The van der Waals surface area contributed by atoms with Gasteiger partial charge in [0.2, 0.25) is 0 Å². The van der Waals surface area contributed by atoms with Crippen LogP contribution < -0.4 is 28.4 Å². The second-order valence-corrected chi connectivity index (χ2v) is 14.3. The maximum Gasteiger partial charge on any atom is 0.324 e. The third-order valence-electron chi connectivity index (χ3n) is 9.69. The summed E-state index contributed by atoms with van der Waals surface area (Å²) in [6.07, 6.45) is 14.5. The molecule has 0 aliphatic carbocycles. The predicted molar refractivity (Wildman–Crippen MR) is 222 cm³/mol. The van der Waals surface area contributed by atoms with Gasteiger partial charge in [-0.25, -0.2) is 0 Å². The number of nitro benzene ring substituents is 1. The molecule has 0 radical (unpaired) electrons. The molecule has 0 saturated carbocycles. The van der Waals surface area contributed by atoms with Crippen LogP contribution in [-0.2, 0) is 4.79 Å². The molecule has 0 spiro atoms. The minimum Gasteiger partial charge on any atom is -0.490 e. The third-order valence-corrected chi connectivity index (χ3v) is 9.69. The Balaban J connectivity index is 2.14. The van der Waals surface area contributed by atoms with Crippen LogP contribution in [0.4, 0.5) is 5.69 Å². The summed E-state index contributed by atoms with van der Waals surface area (Å²) in [5.74, 6) is 1.53. The maximum absolute atomic E-state index is 13.3. The molecule has 0 amide bonds. The molecule has 0 bridgehead atoms. The highest BCUT2D eigenvalue weighted by Crippen LogP contribution is 2.52. The quantitative estimate of drug-likeness (QED) is 0.0146. The van der Waals surface area contributed by atoms with Crippen LogP contribution in [0.15, 0.2) is 30.3 Å². The largest absolute Gasteiger partial charge is 0.490 e. The molecule has 0 aromatic heterocycles. The molecule has 0 N–H and O–H groups in total. The lowest BCUT2D eigenvalue weighted by molar-refractivity contribution is -0.383. The molecule has 55 heavy (non-hydrogen) atoms. The van der Waals surface area contributed by atoms with Gasteiger partial charge in [0, 0.05) is 17.7 Å². The number of benzene rings is 4. The fourth-order valence-electron chi connectivity index (χ4n) is 6.75. The number of esters is 1. The lowest BCUT2D eigenvalue weighted by Crippen LogP contribution is -2.08. The number of rotatable bonds is 27. The zero-order chi connectivity index (χ0) is 39.6. The van der Waals surface area contributed by atoms with Crippen LogP contribution in [0, 0.1) is 10.1 Å². The SMILES string of the molecule is CCCCCOc1cc2c3cc(OCCCCC)c(OCCCCC)cc3c3c([N+](=O)[O-])c(OC(C)=O)c(OCCCCC)cc3c2cc1OCCCCC. The highest BCUT2D eigenvalue weighted by atomic mass is 16.6. The summed E-state index contributed by atoms with van der Waals surface area (Å²) >= 11 is 0. The molecular weight excluding hydrogens is 698 g/mol. The zero-order valence-corrected chi connectivity index (χ0v) is 34.2. The van der Waals surface area contributed by atoms with Gasteiger partial charge in [0.25, 0.3) is 5.75 Å². The predicted octanol–water partition coefficient (Wildman–Crippen LogP) is 12.8. The Hall–Kier alpha value is -4.47. The molecule has 0 unspecified atom stereocenters. The summed E-state index contributed by atoms with van der Waals surface area (Å²) in [6.45, 7) is 14.3. The number of ether oxygens (including phenoxy) is 6. The molecule has 10 nitrogen and oxygen atoms in total. The summed E-state index contributed by atoms with van der Waals surface area (Å²) in [7, 11) is 0. The Morgan fingerprint density at radius 2 is 0.782 bits per heavy atom. The van der Waals surface area contributed by atoms with E-state index in [1.54, 1.807) is 6.07 Å². The van der Waals surface area contributed by atoms with Crippen LogP contribution in [0.3, 0.4) is 0 Å². The smallest absolute Gasteiger partial charge is 0.324 e. The highest BCUT2D eigenvalue weighted by molar-refractivity contribution is 6.29. The minimum absolute atomic E-state index is 0.142. The summed E-state index contributed by atoms with van der Waals surface area (Å²) < 4.78 is 37.6. The Morgan fingerprint density at radius 1 is 0.491 bits per heavy atom. The van der Waals surface area contributed by atoms with E-state index in [4.69, 9.17) is 28.4 Å². The van der Waals surface area contributed by atoms with Crippen LogP contribution in [0.2, 0.25) is 0 Å². The number of carbonyl (C=O) groups is 1. The third kappa shape index (κ3) is 11.8. The first kappa shape index (κ1) is 43.3. The van der Waals surface area contributed by atoms with Crippen molar-refractivity contribution < 1.29 is 38.1 Å². The van der Waals surface area contributed by atoms with Crippen molar-refractivity contribution in [2.45, 2.75) is 138 Å². The molecule has 0 aliphatic rings. The zero-order valence-electron chi connectivity index (χ0n) is 34.2. The van der Waals surface area contributed by atoms with E-state index in [0.29, 0.717) is 72.2 Å². The van der Waals surface area contributed by atoms with Crippen molar-refractivity contribution in [3.05, 3.63) is 40.4 Å². The molecule has 4 rings (SSSR count). The fourth-order valence-corrected chi connectivity index (χ4v) is 6.75. The second-order valence-electron chi connectivity index (χ2n) is 14.3. The van der Waals surface area contributed by atoms with Gasteiger partial charge in [-0.15, -0.1) is 0 Å². The van der Waals surface area contributed by atoms with Crippen molar-refractivity contribution in [2.24, 2.45) is 0 Å². The average molecular weight is 762 g/mol. The molecule has 10 heteroatoms. The van der Waals surface area contributed by atoms with Crippen LogP contribution in [0.1, 0.15) is 138 Å². The monoisotopic (exact) mass is 761 g/mol. The molecule has 0 atom stereocenters. The first-order valence-corrected chi connectivity index (χ1v) is 20.8. The lowest BCUT2D eigenvalue weighted by atomic mass is 9.92. The number of carbonyl (C=O) groups excluding carboxylic acids is 1. The number of hydrogen-bond acceptors (Lipinski definition) is 9. The van der Waals surface area contributed by atoms with E-state index < -0.39 is 10.9 Å². The summed E-state index contributed by atoms with van der Waals surface area (Å²) in [4.78, 5) is 25.3. The van der Waals surface area contributed by atoms with Crippen molar-refractivity contribution >= 4 is 44.0 Å². The molecule has 0 aliphatic heterocycles. The summed E-state index contributed by atoms with van der Waals surface area (Å²) in [5, 5.41) is 17.0. The second kappa shape index (κ2) is 22.8. The normalized spacial score (nSPS) is 11.3. The summed E-state index contributed by atoms with van der Waals surface area (Å²) in [6, 6.07) is 9.49. The van der Waals surface area contributed by atoms with E-state index in [0.717, 1.165) is 112 Å². The number of nitrogens with zero attached hydrogens (tertiary/aromatic N) is 1. The van der Waals surface area contributed by atoms with Crippen LogP contribution >= 0.6 is 0 Å². The molecule has 0 fully saturated rings. The van der Waals surface area contributed by atoms with Gasteiger partial charge in [-0.05, 0) is 78.6 Å². The van der Waals surface area contributed by atoms with E-state index in [1.807, 2.05) is 24.3 Å². The van der Waals surface area contributed by atoms with E-state index in [-0.39, 0.29) is 17.2 Å². The fraction of sp³-hybridized carbons (Fsp3) is 0.578. The first-order chi connectivity index (χ1) is 26.8. The molecule has 0 saturated heterocycles. The van der Waals surface area contributed by atoms with Crippen molar-refractivity contribution in [1.29, 1.82) is 0 Å². The molecule has 302 valence electrons. The standard InChI is InChI=1S/C45H63NO9/c1-7-12-17-22-50-38-27-33-34-28-40(52-24-19-14-9-3)41(53-25-20-15-10-4)30-36(34)43-37(35(33)29-39(38)51-23-18-13-8-2)31-42(54-26-21-16-11-5)45(55-32(6)47)44(43)46(48)49/h27-31H,7-26H2,1-6H3.